The van der Waals surface area contributed by atoms with E-state index in [2.05, 4.69) is 31.1 Å². The summed E-state index contributed by atoms with van der Waals surface area (Å²) in [6, 6.07) is 9.78. The van der Waals surface area contributed by atoms with Gasteiger partial charge >= 0.3 is 5.69 Å². The molecule has 0 radical (unpaired) electrons. The fourth-order valence-corrected chi connectivity index (χ4v) is 2.22. The number of nitrogens with one attached hydrogen (secondary N) is 3. The molecule has 3 aromatic rings. The number of hydrogen-bond acceptors (Lipinski definition) is 10. The third kappa shape index (κ3) is 4.54. The number of benzene rings is 1. The van der Waals surface area contributed by atoms with Gasteiger partial charge in [0.15, 0.2) is 0 Å². The molecule has 0 bridgehead atoms. The first kappa shape index (κ1) is 19.1. The van der Waals surface area contributed by atoms with Crippen molar-refractivity contribution in [2.24, 2.45) is 0 Å². The van der Waals surface area contributed by atoms with E-state index in [1.54, 1.807) is 18.2 Å². The first-order valence-electron chi connectivity index (χ1n) is 7.94. The number of pyridine rings is 1. The molecule has 0 unspecified atom stereocenters. The van der Waals surface area contributed by atoms with Crippen LogP contribution in [-0.2, 0) is 0 Å². The first-order chi connectivity index (χ1) is 14.0. The Labute approximate surface area is 162 Å². The van der Waals surface area contributed by atoms with Crippen LogP contribution in [0.5, 0.6) is 0 Å². The van der Waals surface area contributed by atoms with Crippen molar-refractivity contribution in [3.05, 3.63) is 80.8 Å². The summed E-state index contributed by atoms with van der Waals surface area (Å²) in [5.74, 6) is -0.739. The average Bonchev–Trinajstić information content (AvgIpc) is 2.72. The summed E-state index contributed by atoms with van der Waals surface area (Å²) < 4.78 is 0. The maximum Gasteiger partial charge on any atom is 0.355 e. The van der Waals surface area contributed by atoms with Gasteiger partial charge in [0, 0.05) is 23.9 Å². The van der Waals surface area contributed by atoms with E-state index in [0.717, 1.165) is 18.5 Å². The Morgan fingerprint density at radius 3 is 2.24 bits per heavy atom. The van der Waals surface area contributed by atoms with Gasteiger partial charge in [-0.05, 0) is 24.3 Å². The van der Waals surface area contributed by atoms with Crippen molar-refractivity contribution in [2.45, 2.75) is 0 Å². The number of hydrazine groups is 1. The zero-order valence-corrected chi connectivity index (χ0v) is 14.5. The number of carbonyl (C=O) groups excluding carboxylic acids is 1. The van der Waals surface area contributed by atoms with Gasteiger partial charge in [0.2, 0.25) is 11.6 Å². The fraction of sp³-hybridized carbons (Fsp3) is 0. The van der Waals surface area contributed by atoms with Gasteiger partial charge in [0.1, 0.15) is 12.1 Å². The quantitative estimate of drug-likeness (QED) is 0.396. The molecule has 2 heterocycles. The minimum atomic E-state index is -0.717. The third-order valence-electron chi connectivity index (χ3n) is 3.55. The Morgan fingerprint density at radius 2 is 1.62 bits per heavy atom. The van der Waals surface area contributed by atoms with Crippen LogP contribution in [0.4, 0.5) is 28.8 Å². The molecular formula is C16H12N8O5. The molecule has 0 aliphatic carbocycles. The molecule has 0 aliphatic heterocycles. The smallest absolute Gasteiger partial charge is 0.319 e. The number of rotatable bonds is 7. The van der Waals surface area contributed by atoms with Gasteiger partial charge in [0.25, 0.3) is 11.6 Å². The molecular weight excluding hydrogens is 384 g/mol. The lowest BCUT2D eigenvalue weighted by Crippen LogP contribution is -2.30. The standard InChI is InChI=1S/C16H12N8O5/c25-16(10-4-6-11(7-5-10)23(26)27)22-21-15-13(24(28)29)14(18-9-19-15)20-12-3-1-2-8-17-12/h1-9H,(H,22,25)(H2,17,18,19,20,21). The molecule has 0 fully saturated rings. The zero-order chi connectivity index (χ0) is 20.8. The monoisotopic (exact) mass is 396 g/mol. The topological polar surface area (TPSA) is 178 Å². The van der Waals surface area contributed by atoms with Crippen LogP contribution in [-0.4, -0.2) is 30.7 Å². The molecule has 13 nitrogen and oxygen atoms in total. The van der Waals surface area contributed by atoms with Crippen LogP contribution >= 0.6 is 0 Å². The molecule has 0 spiro atoms. The van der Waals surface area contributed by atoms with Crippen molar-refractivity contribution >= 4 is 34.7 Å². The van der Waals surface area contributed by atoms with Gasteiger partial charge in [-0.15, -0.1) is 0 Å². The van der Waals surface area contributed by atoms with Crippen LogP contribution in [0, 0.1) is 20.2 Å². The van der Waals surface area contributed by atoms with Gasteiger partial charge in [-0.1, -0.05) is 6.07 Å². The second-order valence-electron chi connectivity index (χ2n) is 5.40. The highest BCUT2D eigenvalue weighted by Crippen LogP contribution is 2.30. The number of aromatic nitrogens is 3. The summed E-state index contributed by atoms with van der Waals surface area (Å²) in [6.07, 6.45) is 2.57. The van der Waals surface area contributed by atoms with Gasteiger partial charge in [-0.2, -0.15) is 0 Å². The summed E-state index contributed by atoms with van der Waals surface area (Å²) >= 11 is 0. The Hall–Kier alpha value is -4.68. The second kappa shape index (κ2) is 8.34. The predicted octanol–water partition coefficient (Wildman–Crippen LogP) is 2.19. The second-order valence-corrected chi connectivity index (χ2v) is 5.40. The van der Waals surface area contributed by atoms with Crippen molar-refractivity contribution in [1.82, 2.24) is 20.4 Å². The molecule has 3 N–H and O–H groups in total. The molecule has 1 aromatic carbocycles. The Bertz CT molecular complexity index is 1060. The van der Waals surface area contributed by atoms with Crippen molar-refractivity contribution in [3.63, 3.8) is 0 Å². The summed E-state index contributed by atoms with van der Waals surface area (Å²) in [4.78, 5) is 44.6. The Morgan fingerprint density at radius 1 is 0.897 bits per heavy atom. The number of anilines is 3. The van der Waals surface area contributed by atoms with Crippen LogP contribution in [0.15, 0.2) is 55.0 Å². The molecule has 0 aliphatic rings. The lowest BCUT2D eigenvalue weighted by atomic mass is 10.2. The van der Waals surface area contributed by atoms with Crippen LogP contribution in [0.25, 0.3) is 0 Å². The summed E-state index contributed by atoms with van der Waals surface area (Å²) in [5.41, 5.74) is 4.04. The summed E-state index contributed by atoms with van der Waals surface area (Å²) in [5, 5.41) is 24.9. The lowest BCUT2D eigenvalue weighted by molar-refractivity contribution is -0.384. The highest BCUT2D eigenvalue weighted by atomic mass is 16.6. The molecule has 2 aromatic heterocycles. The number of nitro groups is 2. The molecule has 29 heavy (non-hydrogen) atoms. The van der Waals surface area contributed by atoms with Gasteiger partial charge in [0.05, 0.1) is 9.85 Å². The molecule has 0 saturated heterocycles. The molecule has 13 heteroatoms. The number of hydrogen-bond donors (Lipinski definition) is 3. The normalized spacial score (nSPS) is 10.1. The number of nitrogens with zero attached hydrogens (tertiary/aromatic N) is 5. The number of nitro benzene ring substituents is 1. The molecule has 0 saturated carbocycles. The largest absolute Gasteiger partial charge is 0.355 e. The highest BCUT2D eigenvalue weighted by Gasteiger charge is 2.24. The summed E-state index contributed by atoms with van der Waals surface area (Å²) in [7, 11) is 0. The van der Waals surface area contributed by atoms with Gasteiger partial charge in [-0.3, -0.25) is 35.9 Å². The first-order valence-corrected chi connectivity index (χ1v) is 7.94. The minimum Gasteiger partial charge on any atom is -0.319 e. The van der Waals surface area contributed by atoms with Crippen LogP contribution in [0.1, 0.15) is 10.4 Å². The van der Waals surface area contributed by atoms with E-state index < -0.39 is 21.4 Å². The number of non-ortho nitro benzene ring substituents is 1. The van der Waals surface area contributed by atoms with E-state index >= 15 is 0 Å². The molecule has 1 amide bonds. The van der Waals surface area contributed by atoms with Gasteiger partial charge in [-0.25, -0.2) is 15.0 Å². The highest BCUT2D eigenvalue weighted by molar-refractivity contribution is 5.95. The van der Waals surface area contributed by atoms with Crippen molar-refractivity contribution < 1.29 is 14.6 Å². The van der Waals surface area contributed by atoms with E-state index in [1.807, 2.05) is 0 Å². The van der Waals surface area contributed by atoms with E-state index in [4.69, 9.17) is 0 Å². The van der Waals surface area contributed by atoms with E-state index in [-0.39, 0.29) is 22.9 Å². The van der Waals surface area contributed by atoms with Crippen molar-refractivity contribution in [2.75, 3.05) is 10.7 Å². The van der Waals surface area contributed by atoms with E-state index in [9.17, 15) is 25.0 Å². The molecule has 3 rings (SSSR count). The maximum atomic E-state index is 12.2. The van der Waals surface area contributed by atoms with Gasteiger partial charge < -0.3 is 5.32 Å². The lowest BCUT2D eigenvalue weighted by Gasteiger charge is -2.10. The molecule has 0 atom stereocenters. The van der Waals surface area contributed by atoms with Crippen LogP contribution in [0.3, 0.4) is 0 Å². The Balaban J connectivity index is 1.78. The van der Waals surface area contributed by atoms with Crippen molar-refractivity contribution in [3.8, 4) is 0 Å². The van der Waals surface area contributed by atoms with E-state index in [0.29, 0.717) is 5.82 Å². The third-order valence-corrected chi connectivity index (χ3v) is 3.55. The number of amides is 1. The minimum absolute atomic E-state index is 0.103. The maximum absolute atomic E-state index is 12.2. The Kier molecular flexibility index (Phi) is 5.49. The van der Waals surface area contributed by atoms with Crippen molar-refractivity contribution in [1.29, 1.82) is 0 Å². The number of carbonyl (C=O) groups is 1. The SMILES string of the molecule is O=C(NNc1ncnc(Nc2ccccn2)c1[N+](=O)[O-])c1ccc([N+](=O)[O-])cc1. The zero-order valence-electron chi connectivity index (χ0n) is 14.5. The molecule has 146 valence electrons. The van der Waals surface area contributed by atoms with Crippen LogP contribution in [0.2, 0.25) is 0 Å². The van der Waals surface area contributed by atoms with E-state index in [1.165, 1.54) is 18.3 Å². The van der Waals surface area contributed by atoms with Crippen LogP contribution < -0.4 is 16.2 Å². The predicted molar refractivity (Wildman–Crippen MR) is 100 cm³/mol. The fourth-order valence-electron chi connectivity index (χ4n) is 2.22. The average molecular weight is 396 g/mol. The summed E-state index contributed by atoms with van der Waals surface area (Å²) in [6.45, 7) is 0.